The normalized spacial score (nSPS) is 16.0. The van der Waals surface area contributed by atoms with Gasteiger partial charge in [0.2, 0.25) is 0 Å². The van der Waals surface area contributed by atoms with Crippen molar-refractivity contribution in [2.75, 3.05) is 40.4 Å². The fraction of sp³-hybridized carbons (Fsp3) is 0.593. The van der Waals surface area contributed by atoms with Gasteiger partial charge >= 0.3 is 11.9 Å². The van der Waals surface area contributed by atoms with Crippen molar-refractivity contribution in [1.29, 1.82) is 0 Å². The first kappa shape index (κ1) is 60.2. The van der Waals surface area contributed by atoms with Gasteiger partial charge in [0.15, 0.2) is 23.0 Å². The van der Waals surface area contributed by atoms with Crippen LogP contribution in [0, 0.1) is 11.8 Å². The zero-order valence-corrected chi connectivity index (χ0v) is 48.1. The van der Waals surface area contributed by atoms with E-state index in [0.29, 0.717) is 73.5 Å². The lowest BCUT2D eigenvalue weighted by Crippen LogP contribution is -2.42. The van der Waals surface area contributed by atoms with Crippen molar-refractivity contribution in [2.45, 2.75) is 178 Å². The Balaban J connectivity index is 0.000000308. The molecule has 20 heteroatoms. The SMILES string of the molecule is CCCCC(CC)C(=O)Oc1cc(OC)c(OC(=O)C(CC)CCCC)c2c1SC(=C1C(=O)N(CCCC)N(CCCC)C1=O)S2.CCCCN1C(=O)C(=C2Sc3c(O)cc(OC)c(O)c3S2)C(=O)N1CCCC. The number of hydrazine groups is 2. The third kappa shape index (κ3) is 13.7. The Morgan fingerprint density at radius 1 is 0.486 bits per heavy atom. The molecule has 2 fully saturated rings. The lowest BCUT2D eigenvalue weighted by Gasteiger charge is -2.27. The molecule has 4 amide bonds. The maximum Gasteiger partial charge on any atom is 0.314 e. The van der Waals surface area contributed by atoms with Gasteiger partial charge in [-0.15, -0.1) is 0 Å². The molecule has 2 saturated heterocycles. The highest BCUT2D eigenvalue weighted by molar-refractivity contribution is 8.25. The van der Waals surface area contributed by atoms with Crippen molar-refractivity contribution < 1.29 is 57.9 Å². The molecule has 0 radical (unpaired) electrons. The first-order valence-corrected chi connectivity index (χ1v) is 29.7. The second-order valence-corrected chi connectivity index (χ2v) is 23.0. The molecule has 0 aromatic heterocycles. The maximum atomic E-state index is 13.8. The zero-order valence-electron chi connectivity index (χ0n) is 44.9. The first-order valence-electron chi connectivity index (χ1n) is 26.4. The van der Waals surface area contributed by atoms with E-state index in [2.05, 4.69) is 13.8 Å². The molecule has 0 saturated carbocycles. The van der Waals surface area contributed by atoms with Gasteiger partial charge in [-0.05, 0) is 51.4 Å². The van der Waals surface area contributed by atoms with Crippen LogP contribution < -0.4 is 18.9 Å². The fourth-order valence-corrected chi connectivity index (χ4v) is 13.8. The second kappa shape index (κ2) is 29.0. The van der Waals surface area contributed by atoms with Crippen molar-refractivity contribution >= 4 is 82.6 Å². The zero-order chi connectivity index (χ0) is 54.2. The van der Waals surface area contributed by atoms with Crippen LogP contribution in [0.5, 0.6) is 34.5 Å². The number of phenolic OH excluding ortho intramolecular Hbond substituents is 2. The van der Waals surface area contributed by atoms with Gasteiger partial charge in [-0.25, -0.2) is 20.0 Å². The summed E-state index contributed by atoms with van der Waals surface area (Å²) in [4.78, 5) is 82.4. The predicted octanol–water partition coefficient (Wildman–Crippen LogP) is 12.2. The van der Waals surface area contributed by atoms with Gasteiger partial charge in [-0.2, -0.15) is 0 Å². The van der Waals surface area contributed by atoms with Gasteiger partial charge in [-0.1, -0.05) is 154 Å². The van der Waals surface area contributed by atoms with Crippen LogP contribution in [-0.2, 0) is 28.8 Å². The Hall–Kier alpha value is -4.66. The molecule has 2 N–H and O–H groups in total. The van der Waals surface area contributed by atoms with E-state index in [9.17, 15) is 39.0 Å². The average Bonchev–Trinajstić information content (AvgIpc) is 4.15. The molecule has 2 aromatic rings. The molecule has 4 heterocycles. The molecule has 2 unspecified atom stereocenters. The Bertz CT molecular complexity index is 2390. The number of unbranched alkanes of at least 4 members (excludes halogenated alkanes) is 6. The molecule has 74 heavy (non-hydrogen) atoms. The number of amides is 4. The smallest absolute Gasteiger partial charge is 0.314 e. The molecule has 2 atom stereocenters. The average molecular weight is 1100 g/mol. The van der Waals surface area contributed by atoms with E-state index in [0.717, 1.165) is 107 Å². The van der Waals surface area contributed by atoms with Gasteiger partial charge in [-0.3, -0.25) is 28.8 Å². The second-order valence-electron chi connectivity index (χ2n) is 18.4. The van der Waals surface area contributed by atoms with Crippen molar-refractivity contribution in [1.82, 2.24) is 20.0 Å². The largest absolute Gasteiger partial charge is 0.507 e. The number of methoxy groups -OCH3 is 2. The number of hydrogen-bond donors (Lipinski definition) is 2. The van der Waals surface area contributed by atoms with Crippen molar-refractivity contribution in [3.05, 3.63) is 31.8 Å². The molecule has 408 valence electrons. The highest BCUT2D eigenvalue weighted by atomic mass is 32.2. The number of phenols is 2. The Labute approximate surface area is 454 Å². The summed E-state index contributed by atoms with van der Waals surface area (Å²) in [6.07, 6.45) is 13.2. The minimum atomic E-state index is -0.358. The van der Waals surface area contributed by atoms with E-state index >= 15 is 0 Å². The summed E-state index contributed by atoms with van der Waals surface area (Å²) in [5.41, 5.74) is 0.201. The van der Waals surface area contributed by atoms with Gasteiger partial charge in [0.25, 0.3) is 23.6 Å². The summed E-state index contributed by atoms with van der Waals surface area (Å²) >= 11 is 4.66. The number of benzene rings is 2. The number of rotatable bonds is 26. The molecule has 0 bridgehead atoms. The minimum Gasteiger partial charge on any atom is -0.507 e. The number of ether oxygens (including phenoxy) is 4. The number of nitrogens with zero attached hydrogens (tertiary/aromatic N) is 4. The molecule has 4 aliphatic rings. The summed E-state index contributed by atoms with van der Waals surface area (Å²) in [5.74, 6) is -1.83. The first-order chi connectivity index (χ1) is 35.6. The molecule has 0 aliphatic carbocycles. The molecule has 0 spiro atoms. The van der Waals surface area contributed by atoms with Crippen molar-refractivity contribution in [3.8, 4) is 34.5 Å². The van der Waals surface area contributed by atoms with Crippen LogP contribution >= 0.6 is 47.0 Å². The van der Waals surface area contributed by atoms with E-state index in [-0.39, 0.29) is 93.0 Å². The van der Waals surface area contributed by atoms with Gasteiger partial charge in [0, 0.05) is 38.3 Å². The van der Waals surface area contributed by atoms with Gasteiger partial charge in [0.1, 0.15) is 22.6 Å². The number of esters is 2. The summed E-state index contributed by atoms with van der Waals surface area (Å²) < 4.78 is 23.8. The molecular weight excluding hydrogens is 1020 g/mol. The topological polar surface area (TPSA) is 193 Å². The summed E-state index contributed by atoms with van der Waals surface area (Å²) in [5, 5.41) is 26.8. The quantitative estimate of drug-likeness (QED) is 0.0297. The maximum absolute atomic E-state index is 13.8. The van der Waals surface area contributed by atoms with Crippen molar-refractivity contribution in [2.24, 2.45) is 11.8 Å². The Morgan fingerprint density at radius 2 is 0.865 bits per heavy atom. The lowest BCUT2D eigenvalue weighted by molar-refractivity contribution is -0.147. The summed E-state index contributed by atoms with van der Waals surface area (Å²) in [7, 11) is 2.87. The number of carbonyl (C=O) groups excluding carboxylic acids is 6. The highest BCUT2D eigenvalue weighted by Gasteiger charge is 2.47. The Kier molecular flexibility index (Phi) is 23.6. The number of fused-ring (bicyclic) bond motifs is 2. The third-order valence-corrected chi connectivity index (χ3v) is 18.3. The van der Waals surface area contributed by atoms with Crippen LogP contribution in [-0.4, -0.2) is 106 Å². The van der Waals surface area contributed by atoms with Crippen LogP contribution in [0.3, 0.4) is 0 Å². The molecule has 4 aliphatic heterocycles. The van der Waals surface area contributed by atoms with Crippen LogP contribution in [0.25, 0.3) is 0 Å². The highest BCUT2D eigenvalue weighted by Crippen LogP contribution is 2.63. The number of hydrogen-bond acceptors (Lipinski definition) is 16. The monoisotopic (exact) mass is 1100 g/mol. The minimum absolute atomic E-state index is 0.0543. The van der Waals surface area contributed by atoms with E-state index in [1.165, 1.54) is 53.8 Å². The Morgan fingerprint density at radius 3 is 1.26 bits per heavy atom. The molecular formula is C54H76N4O12S4. The predicted molar refractivity (Wildman–Crippen MR) is 291 cm³/mol. The number of carbonyl (C=O) groups is 6. The van der Waals surface area contributed by atoms with E-state index < -0.39 is 0 Å². The van der Waals surface area contributed by atoms with E-state index in [4.69, 9.17) is 18.9 Å². The standard InChI is InChI=1S/C35H52N2O7S2.C19H24N2O5S2/c1-8-14-18-23(12-5)33(40)43-26-22-25(42-7)28(44-34(41)24(13-6)19-15-9-2)30-29(26)45-35(46-30)27-31(38)36(20-16-10-3)37(32(27)39)21-17-11-4;1-4-6-8-20-17(24)13(18(25)21(20)9-7-5-2)19-27-15-11(22)10-12(26-3)14(23)16(15)28-19/h22-24H,8-21H2,1-7H3;10,22-23H,4-9H2,1-3H3. The number of aromatic hydroxyl groups is 2. The van der Waals surface area contributed by atoms with Crippen LogP contribution in [0.15, 0.2) is 51.3 Å². The third-order valence-electron chi connectivity index (χ3n) is 13.1. The molecule has 16 nitrogen and oxygen atoms in total. The van der Waals surface area contributed by atoms with Crippen LogP contribution in [0.4, 0.5) is 0 Å². The summed E-state index contributed by atoms with van der Waals surface area (Å²) in [6.45, 7) is 18.2. The van der Waals surface area contributed by atoms with E-state index in [1.54, 1.807) is 16.1 Å². The lowest BCUT2D eigenvalue weighted by atomic mass is 10.00. The fourth-order valence-electron chi connectivity index (χ4n) is 8.51. The number of thioether (sulfide) groups is 4. The van der Waals surface area contributed by atoms with E-state index in [1.807, 2.05) is 41.5 Å². The van der Waals surface area contributed by atoms with Crippen LogP contribution in [0.2, 0.25) is 0 Å². The van der Waals surface area contributed by atoms with Crippen LogP contribution in [0.1, 0.15) is 158 Å². The molecule has 2 aromatic carbocycles. The van der Waals surface area contributed by atoms with Gasteiger partial charge in [0.05, 0.1) is 54.1 Å². The molecule has 6 rings (SSSR count). The summed E-state index contributed by atoms with van der Waals surface area (Å²) in [6, 6.07) is 2.91. The van der Waals surface area contributed by atoms with Gasteiger partial charge < -0.3 is 29.2 Å². The van der Waals surface area contributed by atoms with Crippen molar-refractivity contribution in [3.63, 3.8) is 0 Å².